The zero-order valence-corrected chi connectivity index (χ0v) is 19.6. The third kappa shape index (κ3) is 7.26. The van der Waals surface area contributed by atoms with E-state index in [-0.39, 0.29) is 5.91 Å². The van der Waals surface area contributed by atoms with E-state index in [2.05, 4.69) is 40.5 Å². The average molecular weight is 455 g/mol. The molecule has 1 amide bonds. The summed E-state index contributed by atoms with van der Waals surface area (Å²) in [5, 5.41) is 15.7. The van der Waals surface area contributed by atoms with Crippen LogP contribution in [0.15, 0.2) is 78.7 Å². The number of anilines is 1. The second-order valence-electron chi connectivity index (χ2n) is 8.16. The number of nitrogens with two attached hydrogens (primary N) is 1. The Labute approximate surface area is 200 Å². The fourth-order valence-electron chi connectivity index (χ4n) is 3.35. The number of allylic oxidation sites excluding steroid dienone is 3. The number of amides is 1. The van der Waals surface area contributed by atoms with Crippen LogP contribution in [0.25, 0.3) is 5.69 Å². The van der Waals surface area contributed by atoms with Crippen molar-refractivity contribution in [2.45, 2.75) is 39.0 Å². The minimum Gasteiger partial charge on any atom is -0.330 e. The van der Waals surface area contributed by atoms with Gasteiger partial charge in [-0.15, -0.1) is 0 Å². The summed E-state index contributed by atoms with van der Waals surface area (Å²) < 4.78 is 1.76. The predicted molar refractivity (Wildman–Crippen MR) is 134 cm³/mol. The monoisotopic (exact) mass is 454 g/mol. The van der Waals surface area contributed by atoms with Crippen LogP contribution >= 0.6 is 0 Å². The van der Waals surface area contributed by atoms with Gasteiger partial charge in [-0.2, -0.15) is 10.4 Å². The summed E-state index contributed by atoms with van der Waals surface area (Å²) in [5.74, 6) is 0.878. The Balaban J connectivity index is 0.000000229. The van der Waals surface area contributed by atoms with E-state index in [0.717, 1.165) is 29.8 Å². The fourth-order valence-corrected chi connectivity index (χ4v) is 3.35. The van der Waals surface area contributed by atoms with E-state index in [1.807, 2.05) is 55.6 Å². The number of hydrogen-bond acceptors (Lipinski definition) is 5. The lowest BCUT2D eigenvalue weighted by atomic mass is 10.0. The Kier molecular flexibility index (Phi) is 8.89. The maximum Gasteiger partial charge on any atom is 0.229 e. The number of carbonyl (C=O) groups excluding carboxylic acids is 1. The van der Waals surface area contributed by atoms with Crippen LogP contribution in [-0.2, 0) is 4.79 Å². The van der Waals surface area contributed by atoms with Gasteiger partial charge in [0.15, 0.2) is 0 Å². The molecule has 3 N–H and O–H groups in total. The molecule has 0 saturated carbocycles. The van der Waals surface area contributed by atoms with Crippen molar-refractivity contribution in [2.24, 2.45) is 5.73 Å². The van der Waals surface area contributed by atoms with Gasteiger partial charge in [-0.05, 0) is 73.7 Å². The van der Waals surface area contributed by atoms with Gasteiger partial charge in [-0.1, -0.05) is 37.3 Å². The molecule has 1 aromatic carbocycles. The third-order valence-corrected chi connectivity index (χ3v) is 5.40. The van der Waals surface area contributed by atoms with Crippen molar-refractivity contribution < 1.29 is 4.79 Å². The molecule has 3 aromatic rings. The highest BCUT2D eigenvalue weighted by molar-refractivity contribution is 5.91. The van der Waals surface area contributed by atoms with Crippen LogP contribution in [0.4, 0.5) is 5.82 Å². The topological polar surface area (TPSA) is 110 Å². The van der Waals surface area contributed by atoms with E-state index < -0.39 is 0 Å². The number of nitrogens with zero attached hydrogens (tertiary/aromatic N) is 4. The molecule has 34 heavy (non-hydrogen) atoms. The lowest BCUT2D eigenvalue weighted by Gasteiger charge is -2.08. The van der Waals surface area contributed by atoms with Crippen LogP contribution in [0.3, 0.4) is 0 Å². The van der Waals surface area contributed by atoms with Gasteiger partial charge in [-0.25, -0.2) is 9.67 Å². The van der Waals surface area contributed by atoms with Crippen molar-refractivity contribution in [3.8, 4) is 11.8 Å². The van der Waals surface area contributed by atoms with Gasteiger partial charge < -0.3 is 11.1 Å². The highest BCUT2D eigenvalue weighted by Crippen LogP contribution is 2.15. The van der Waals surface area contributed by atoms with E-state index in [0.29, 0.717) is 30.3 Å². The van der Waals surface area contributed by atoms with Crippen molar-refractivity contribution in [2.75, 3.05) is 11.9 Å². The smallest absolute Gasteiger partial charge is 0.229 e. The standard InChI is InChI=1S/C17H18N4O.C10H12N2/c1-13-9-10-21(20-13)15-7-8-16(18-12-15)19-17(22)11-14-5-3-2-4-6-14;1-8(6-11)10-4-2-9(7-12)3-5-10/h3,5-10,12H,2,4,11H2,1H3,(H,18,19,22);2-5,8H,6,11H2,1H3. The van der Waals surface area contributed by atoms with Crippen LogP contribution in [0.2, 0.25) is 0 Å². The van der Waals surface area contributed by atoms with Crippen LogP contribution < -0.4 is 11.1 Å². The molecule has 0 saturated heterocycles. The number of benzene rings is 1. The molecule has 2 aromatic heterocycles. The first-order valence-corrected chi connectivity index (χ1v) is 11.3. The number of nitrogens with one attached hydrogen (secondary N) is 1. The van der Waals surface area contributed by atoms with Gasteiger partial charge in [0.1, 0.15) is 5.82 Å². The Hall–Kier alpha value is -4.02. The quantitative estimate of drug-likeness (QED) is 0.556. The minimum absolute atomic E-state index is 0.0482. The molecule has 0 aliphatic heterocycles. The van der Waals surface area contributed by atoms with Crippen molar-refractivity contribution in [3.63, 3.8) is 0 Å². The number of hydrogen-bond donors (Lipinski definition) is 2. The van der Waals surface area contributed by atoms with E-state index >= 15 is 0 Å². The molecule has 1 unspecified atom stereocenters. The van der Waals surface area contributed by atoms with Crippen molar-refractivity contribution in [3.05, 3.63) is 95.5 Å². The maximum atomic E-state index is 12.0. The molecule has 0 fully saturated rings. The summed E-state index contributed by atoms with van der Waals surface area (Å²) in [6.07, 6.45) is 12.3. The van der Waals surface area contributed by atoms with Crippen LogP contribution in [0.1, 0.15) is 48.9 Å². The molecule has 1 aliphatic carbocycles. The zero-order valence-electron chi connectivity index (χ0n) is 19.6. The number of aryl methyl sites for hydroxylation is 1. The van der Waals surface area contributed by atoms with Crippen molar-refractivity contribution in [1.29, 1.82) is 5.26 Å². The minimum atomic E-state index is -0.0482. The van der Waals surface area contributed by atoms with Crippen LogP contribution in [0, 0.1) is 18.3 Å². The highest BCUT2D eigenvalue weighted by Gasteiger charge is 2.07. The largest absolute Gasteiger partial charge is 0.330 e. The maximum absolute atomic E-state index is 12.0. The second kappa shape index (κ2) is 12.3. The predicted octanol–water partition coefficient (Wildman–Crippen LogP) is 4.80. The first kappa shape index (κ1) is 24.6. The second-order valence-corrected chi connectivity index (χ2v) is 8.16. The van der Waals surface area contributed by atoms with Crippen molar-refractivity contribution >= 4 is 11.7 Å². The fraction of sp³-hybridized carbons (Fsp3) is 0.259. The molecule has 1 aliphatic rings. The first-order valence-electron chi connectivity index (χ1n) is 11.3. The SMILES string of the molecule is CC(CN)c1ccc(C#N)cc1.Cc1ccn(-c2ccc(NC(=O)CC3=CCCC=C3)nc2)n1. The molecule has 7 nitrogen and oxygen atoms in total. The van der Waals surface area contributed by atoms with Gasteiger partial charge in [0.25, 0.3) is 0 Å². The van der Waals surface area contributed by atoms with Crippen LogP contribution in [0.5, 0.6) is 0 Å². The molecular weight excluding hydrogens is 424 g/mol. The highest BCUT2D eigenvalue weighted by atomic mass is 16.1. The Morgan fingerprint density at radius 2 is 2.00 bits per heavy atom. The number of pyridine rings is 1. The normalized spacial score (nSPS) is 13.2. The van der Waals surface area contributed by atoms with Crippen molar-refractivity contribution in [1.82, 2.24) is 14.8 Å². The molecular formula is C27H30N6O. The van der Waals surface area contributed by atoms with E-state index in [1.165, 1.54) is 5.56 Å². The number of aromatic nitrogens is 3. The van der Waals surface area contributed by atoms with Gasteiger partial charge in [0.2, 0.25) is 5.91 Å². The van der Waals surface area contributed by atoms with E-state index in [1.54, 1.807) is 16.9 Å². The summed E-state index contributed by atoms with van der Waals surface area (Å²) in [6.45, 7) is 4.65. The van der Waals surface area contributed by atoms with Crippen LogP contribution in [-0.4, -0.2) is 27.2 Å². The molecule has 2 heterocycles. The van der Waals surface area contributed by atoms with Gasteiger partial charge in [-0.3, -0.25) is 4.79 Å². The molecule has 4 rings (SSSR count). The summed E-state index contributed by atoms with van der Waals surface area (Å²) in [7, 11) is 0. The number of rotatable bonds is 6. The van der Waals surface area contributed by atoms with E-state index in [4.69, 9.17) is 11.0 Å². The number of carbonyl (C=O) groups is 1. The van der Waals surface area contributed by atoms with Gasteiger partial charge in [0, 0.05) is 6.20 Å². The molecule has 174 valence electrons. The molecule has 0 radical (unpaired) electrons. The lowest BCUT2D eigenvalue weighted by molar-refractivity contribution is -0.115. The summed E-state index contributed by atoms with van der Waals surface area (Å²) in [4.78, 5) is 16.3. The molecule has 1 atom stereocenters. The van der Waals surface area contributed by atoms with E-state index in [9.17, 15) is 4.79 Å². The zero-order chi connectivity index (χ0) is 24.3. The molecule has 0 spiro atoms. The Bertz CT molecular complexity index is 1180. The van der Waals surface area contributed by atoms with Gasteiger partial charge in [0.05, 0.1) is 35.6 Å². The molecule has 0 bridgehead atoms. The summed E-state index contributed by atoms with van der Waals surface area (Å²) >= 11 is 0. The lowest BCUT2D eigenvalue weighted by Crippen LogP contribution is -2.13. The summed E-state index contributed by atoms with van der Waals surface area (Å²) in [6, 6.07) is 15.2. The third-order valence-electron chi connectivity index (χ3n) is 5.40. The molecule has 7 heteroatoms. The van der Waals surface area contributed by atoms with Gasteiger partial charge >= 0.3 is 0 Å². The number of nitriles is 1. The first-order chi connectivity index (χ1) is 16.5. The Morgan fingerprint density at radius 1 is 1.21 bits per heavy atom. The average Bonchev–Trinajstić information content (AvgIpc) is 3.31. The summed E-state index contributed by atoms with van der Waals surface area (Å²) in [5.41, 5.74) is 10.3. The Morgan fingerprint density at radius 3 is 2.56 bits per heavy atom.